The first kappa shape index (κ1) is 12.8. The SMILES string of the molecule is CCOc1cccc(NC(CC)CCN)n1. The predicted molar refractivity (Wildman–Crippen MR) is 66.8 cm³/mol. The number of hydrogen-bond donors (Lipinski definition) is 2. The van der Waals surface area contributed by atoms with Gasteiger partial charge in [0.05, 0.1) is 6.61 Å². The second-order valence-corrected chi connectivity index (χ2v) is 3.62. The van der Waals surface area contributed by atoms with Gasteiger partial charge in [-0.1, -0.05) is 13.0 Å². The fourth-order valence-electron chi connectivity index (χ4n) is 1.51. The Balaban J connectivity index is 2.60. The molecule has 3 N–H and O–H groups in total. The highest BCUT2D eigenvalue weighted by Crippen LogP contribution is 2.13. The lowest BCUT2D eigenvalue weighted by Crippen LogP contribution is -2.22. The number of nitrogens with one attached hydrogen (secondary N) is 1. The molecule has 16 heavy (non-hydrogen) atoms. The molecule has 4 heteroatoms. The average molecular weight is 223 g/mol. The smallest absolute Gasteiger partial charge is 0.215 e. The maximum Gasteiger partial charge on any atom is 0.215 e. The van der Waals surface area contributed by atoms with Crippen LogP contribution in [0.5, 0.6) is 5.88 Å². The molecule has 0 amide bonds. The molecule has 0 aliphatic heterocycles. The lowest BCUT2D eigenvalue weighted by molar-refractivity contribution is 0.327. The largest absolute Gasteiger partial charge is 0.478 e. The van der Waals surface area contributed by atoms with Crippen LogP contribution in [-0.4, -0.2) is 24.2 Å². The van der Waals surface area contributed by atoms with Crippen LogP contribution < -0.4 is 15.8 Å². The van der Waals surface area contributed by atoms with E-state index < -0.39 is 0 Å². The molecule has 0 bridgehead atoms. The van der Waals surface area contributed by atoms with Gasteiger partial charge in [-0.05, 0) is 32.4 Å². The first-order chi connectivity index (χ1) is 7.80. The lowest BCUT2D eigenvalue weighted by atomic mass is 10.1. The highest BCUT2D eigenvalue weighted by Gasteiger charge is 2.06. The van der Waals surface area contributed by atoms with Crippen molar-refractivity contribution in [3.63, 3.8) is 0 Å². The number of ether oxygens (including phenoxy) is 1. The van der Waals surface area contributed by atoms with Gasteiger partial charge in [-0.15, -0.1) is 0 Å². The van der Waals surface area contributed by atoms with Gasteiger partial charge in [0.15, 0.2) is 0 Å². The zero-order chi connectivity index (χ0) is 11.8. The molecule has 1 heterocycles. The normalized spacial score (nSPS) is 12.2. The van der Waals surface area contributed by atoms with Crippen molar-refractivity contribution in [1.29, 1.82) is 0 Å². The zero-order valence-electron chi connectivity index (χ0n) is 10.1. The van der Waals surface area contributed by atoms with Gasteiger partial charge < -0.3 is 15.8 Å². The summed E-state index contributed by atoms with van der Waals surface area (Å²) in [4.78, 5) is 4.36. The maximum atomic E-state index is 5.55. The molecule has 0 fully saturated rings. The highest BCUT2D eigenvalue weighted by atomic mass is 16.5. The molecule has 4 nitrogen and oxygen atoms in total. The molecule has 0 aliphatic rings. The van der Waals surface area contributed by atoms with Gasteiger partial charge in [0.2, 0.25) is 5.88 Å². The van der Waals surface area contributed by atoms with Crippen LogP contribution >= 0.6 is 0 Å². The van der Waals surface area contributed by atoms with Crippen molar-refractivity contribution in [2.75, 3.05) is 18.5 Å². The van der Waals surface area contributed by atoms with Crippen LogP contribution in [0.25, 0.3) is 0 Å². The zero-order valence-corrected chi connectivity index (χ0v) is 10.1. The maximum absolute atomic E-state index is 5.55. The Morgan fingerprint density at radius 1 is 1.44 bits per heavy atom. The summed E-state index contributed by atoms with van der Waals surface area (Å²) in [5, 5.41) is 3.36. The van der Waals surface area contributed by atoms with Crippen LogP contribution in [-0.2, 0) is 0 Å². The molecular weight excluding hydrogens is 202 g/mol. The summed E-state index contributed by atoms with van der Waals surface area (Å²) < 4.78 is 5.35. The van der Waals surface area contributed by atoms with E-state index in [0.717, 1.165) is 18.7 Å². The fraction of sp³-hybridized carbons (Fsp3) is 0.583. The van der Waals surface area contributed by atoms with Crippen molar-refractivity contribution >= 4 is 5.82 Å². The molecule has 1 aromatic heterocycles. The van der Waals surface area contributed by atoms with Crippen LogP contribution in [0.4, 0.5) is 5.82 Å². The minimum atomic E-state index is 0.384. The van der Waals surface area contributed by atoms with Crippen LogP contribution in [0.1, 0.15) is 26.7 Å². The van der Waals surface area contributed by atoms with Gasteiger partial charge in [-0.3, -0.25) is 0 Å². The van der Waals surface area contributed by atoms with E-state index in [1.54, 1.807) is 0 Å². The molecule has 1 unspecified atom stereocenters. The fourth-order valence-corrected chi connectivity index (χ4v) is 1.51. The molecule has 0 saturated heterocycles. The number of aromatic nitrogens is 1. The molecule has 1 aromatic rings. The van der Waals surface area contributed by atoms with Gasteiger partial charge in [0.25, 0.3) is 0 Å². The van der Waals surface area contributed by atoms with Crippen LogP contribution in [0.15, 0.2) is 18.2 Å². The Kier molecular flexibility index (Phi) is 5.64. The van der Waals surface area contributed by atoms with Crippen molar-refractivity contribution in [3.8, 4) is 5.88 Å². The second-order valence-electron chi connectivity index (χ2n) is 3.62. The molecule has 0 aliphatic carbocycles. The summed E-state index contributed by atoms with van der Waals surface area (Å²) in [7, 11) is 0. The third-order valence-corrected chi connectivity index (χ3v) is 2.38. The number of nitrogens with two attached hydrogens (primary N) is 1. The summed E-state index contributed by atoms with van der Waals surface area (Å²) in [6, 6.07) is 6.13. The number of rotatable bonds is 7. The lowest BCUT2D eigenvalue weighted by Gasteiger charge is -2.16. The molecular formula is C12H21N3O. The summed E-state index contributed by atoms with van der Waals surface area (Å²) in [5.74, 6) is 1.52. The van der Waals surface area contributed by atoms with E-state index in [9.17, 15) is 0 Å². The van der Waals surface area contributed by atoms with E-state index in [1.165, 1.54) is 0 Å². The number of anilines is 1. The van der Waals surface area contributed by atoms with Crippen LogP contribution in [0.2, 0.25) is 0 Å². The van der Waals surface area contributed by atoms with Crippen molar-refractivity contribution in [2.24, 2.45) is 5.73 Å². The van der Waals surface area contributed by atoms with E-state index in [4.69, 9.17) is 10.5 Å². The summed E-state index contributed by atoms with van der Waals surface area (Å²) in [6.07, 6.45) is 1.99. The predicted octanol–water partition coefficient (Wildman–Crippen LogP) is 2.02. The number of nitrogens with zero attached hydrogens (tertiary/aromatic N) is 1. The summed E-state index contributed by atoms with van der Waals surface area (Å²) >= 11 is 0. The van der Waals surface area contributed by atoms with Gasteiger partial charge in [0, 0.05) is 12.1 Å². The van der Waals surface area contributed by atoms with Crippen molar-refractivity contribution in [3.05, 3.63) is 18.2 Å². The molecule has 0 radical (unpaired) electrons. The first-order valence-electron chi connectivity index (χ1n) is 5.86. The van der Waals surface area contributed by atoms with E-state index >= 15 is 0 Å². The summed E-state index contributed by atoms with van der Waals surface area (Å²) in [6.45, 7) is 5.41. The van der Waals surface area contributed by atoms with Gasteiger partial charge >= 0.3 is 0 Å². The molecule has 1 rings (SSSR count). The molecule has 0 saturated carbocycles. The Bertz CT molecular complexity index is 304. The second kappa shape index (κ2) is 7.06. The highest BCUT2D eigenvalue weighted by molar-refractivity contribution is 5.38. The summed E-state index contributed by atoms with van der Waals surface area (Å²) in [5.41, 5.74) is 5.55. The van der Waals surface area contributed by atoms with Crippen molar-refractivity contribution < 1.29 is 4.74 Å². The van der Waals surface area contributed by atoms with Crippen LogP contribution in [0, 0.1) is 0 Å². The molecule has 0 aromatic carbocycles. The van der Waals surface area contributed by atoms with Crippen LogP contribution in [0.3, 0.4) is 0 Å². The first-order valence-corrected chi connectivity index (χ1v) is 5.86. The minimum absolute atomic E-state index is 0.384. The Labute approximate surface area is 97.2 Å². The van der Waals surface area contributed by atoms with E-state index in [-0.39, 0.29) is 0 Å². The monoisotopic (exact) mass is 223 g/mol. The van der Waals surface area contributed by atoms with Gasteiger partial charge in [-0.25, -0.2) is 0 Å². The molecule has 1 atom stereocenters. The van der Waals surface area contributed by atoms with Crippen molar-refractivity contribution in [1.82, 2.24) is 4.98 Å². The average Bonchev–Trinajstić information content (AvgIpc) is 2.29. The Morgan fingerprint density at radius 2 is 2.25 bits per heavy atom. The van der Waals surface area contributed by atoms with E-state index in [1.807, 2.05) is 25.1 Å². The third kappa shape index (κ3) is 4.06. The van der Waals surface area contributed by atoms with E-state index in [0.29, 0.717) is 25.1 Å². The van der Waals surface area contributed by atoms with E-state index in [2.05, 4.69) is 17.2 Å². The van der Waals surface area contributed by atoms with Gasteiger partial charge in [0.1, 0.15) is 5.82 Å². The Hall–Kier alpha value is -1.29. The molecule has 0 spiro atoms. The Morgan fingerprint density at radius 3 is 2.88 bits per heavy atom. The minimum Gasteiger partial charge on any atom is -0.478 e. The third-order valence-electron chi connectivity index (χ3n) is 2.38. The van der Waals surface area contributed by atoms with Crippen molar-refractivity contribution in [2.45, 2.75) is 32.7 Å². The quantitative estimate of drug-likeness (QED) is 0.742. The number of hydrogen-bond acceptors (Lipinski definition) is 4. The topological polar surface area (TPSA) is 60.2 Å². The van der Waals surface area contributed by atoms with Gasteiger partial charge in [-0.2, -0.15) is 4.98 Å². The molecule has 90 valence electrons. The number of pyridine rings is 1. The standard InChI is InChI=1S/C12H21N3O/c1-3-10(8-9-13)14-11-6-5-7-12(15-11)16-4-2/h5-7,10H,3-4,8-9,13H2,1-2H3,(H,14,15).